The summed E-state index contributed by atoms with van der Waals surface area (Å²) in [5, 5.41) is 9.76. The Bertz CT molecular complexity index is 462. The summed E-state index contributed by atoms with van der Waals surface area (Å²) in [7, 11) is 1.58. The van der Waals surface area contributed by atoms with Crippen molar-refractivity contribution in [2.75, 3.05) is 12.8 Å². The van der Waals surface area contributed by atoms with Crippen molar-refractivity contribution in [3.05, 3.63) is 23.8 Å². The van der Waals surface area contributed by atoms with E-state index in [1.807, 2.05) is 0 Å². The van der Waals surface area contributed by atoms with Gasteiger partial charge in [0, 0.05) is 5.69 Å². The number of rotatable bonds is 3. The van der Waals surface area contributed by atoms with Gasteiger partial charge < -0.3 is 15.6 Å². The topological polar surface area (TPSA) is 72.5 Å². The Morgan fingerprint density at radius 2 is 1.89 bits per heavy atom. The molecule has 4 nitrogen and oxygen atoms in total. The molecule has 19 heavy (non-hydrogen) atoms. The molecular formula is C15H21NO3. The van der Waals surface area contributed by atoms with E-state index >= 15 is 0 Å². The van der Waals surface area contributed by atoms with Crippen LogP contribution in [0.25, 0.3) is 0 Å². The van der Waals surface area contributed by atoms with Crippen molar-refractivity contribution in [2.45, 2.75) is 43.9 Å². The van der Waals surface area contributed by atoms with Gasteiger partial charge in [0.2, 0.25) is 0 Å². The minimum atomic E-state index is -0.852. The third-order valence-electron chi connectivity index (χ3n) is 4.14. The normalized spacial score (nSPS) is 18.6. The molecule has 1 saturated carbocycles. The number of aliphatic carboxylic acids is 1. The summed E-state index contributed by atoms with van der Waals surface area (Å²) in [6, 6.07) is 5.30. The zero-order valence-electron chi connectivity index (χ0n) is 11.3. The Kier molecular flexibility index (Phi) is 3.98. The van der Waals surface area contributed by atoms with Crippen LogP contribution in [0, 0.1) is 0 Å². The number of carboxylic acids is 1. The molecule has 0 atom stereocenters. The van der Waals surface area contributed by atoms with Gasteiger partial charge in [-0.25, -0.2) is 0 Å². The van der Waals surface area contributed by atoms with Gasteiger partial charge in [0.1, 0.15) is 5.75 Å². The first kappa shape index (κ1) is 13.7. The molecule has 0 bridgehead atoms. The number of benzene rings is 1. The smallest absolute Gasteiger partial charge is 0.314 e. The first-order valence-electron chi connectivity index (χ1n) is 6.77. The van der Waals surface area contributed by atoms with Crippen LogP contribution in [0.2, 0.25) is 0 Å². The van der Waals surface area contributed by atoms with Gasteiger partial charge in [-0.3, -0.25) is 4.79 Å². The maximum atomic E-state index is 11.9. The lowest BCUT2D eigenvalue weighted by Gasteiger charge is -2.30. The number of carbonyl (C=O) groups is 1. The Labute approximate surface area is 113 Å². The van der Waals surface area contributed by atoms with Crippen LogP contribution in [0.1, 0.15) is 44.1 Å². The monoisotopic (exact) mass is 263 g/mol. The Balaban J connectivity index is 2.51. The van der Waals surface area contributed by atoms with Crippen molar-refractivity contribution in [1.29, 1.82) is 0 Å². The van der Waals surface area contributed by atoms with Crippen molar-refractivity contribution in [2.24, 2.45) is 0 Å². The van der Waals surface area contributed by atoms with E-state index in [2.05, 4.69) is 0 Å². The molecule has 1 aromatic carbocycles. The number of hydrogen-bond acceptors (Lipinski definition) is 3. The van der Waals surface area contributed by atoms with Crippen molar-refractivity contribution < 1.29 is 14.6 Å². The van der Waals surface area contributed by atoms with Crippen LogP contribution in [-0.4, -0.2) is 18.2 Å². The molecule has 104 valence electrons. The van der Waals surface area contributed by atoms with Gasteiger partial charge in [0.05, 0.1) is 12.5 Å². The number of nitrogens with two attached hydrogens (primary N) is 1. The molecule has 1 aliphatic carbocycles. The van der Waals surface area contributed by atoms with Gasteiger partial charge in [-0.2, -0.15) is 0 Å². The first-order chi connectivity index (χ1) is 9.10. The van der Waals surface area contributed by atoms with E-state index < -0.39 is 11.4 Å². The summed E-state index contributed by atoms with van der Waals surface area (Å²) in [4.78, 5) is 11.9. The molecule has 0 spiro atoms. The van der Waals surface area contributed by atoms with Crippen LogP contribution in [-0.2, 0) is 10.2 Å². The second kappa shape index (κ2) is 5.51. The molecule has 1 fully saturated rings. The predicted octanol–water partition coefficient (Wildman–Crippen LogP) is 2.95. The summed E-state index contributed by atoms with van der Waals surface area (Å²) in [5.74, 6) is -0.108. The maximum absolute atomic E-state index is 11.9. The molecule has 2 rings (SSSR count). The maximum Gasteiger partial charge on any atom is 0.314 e. The number of nitrogen functional groups attached to an aromatic ring is 1. The highest BCUT2D eigenvalue weighted by atomic mass is 16.5. The van der Waals surface area contributed by atoms with Crippen LogP contribution < -0.4 is 10.5 Å². The van der Waals surface area contributed by atoms with E-state index in [4.69, 9.17) is 10.5 Å². The highest BCUT2D eigenvalue weighted by Crippen LogP contribution is 2.42. The van der Waals surface area contributed by atoms with E-state index in [9.17, 15) is 9.90 Å². The van der Waals surface area contributed by atoms with Crippen LogP contribution in [0.5, 0.6) is 5.75 Å². The predicted molar refractivity (Wildman–Crippen MR) is 74.4 cm³/mol. The number of anilines is 1. The molecule has 4 heteroatoms. The van der Waals surface area contributed by atoms with Gasteiger partial charge in [0.15, 0.2) is 0 Å². The molecule has 0 unspecified atom stereocenters. The lowest BCUT2D eigenvalue weighted by molar-refractivity contribution is -0.144. The van der Waals surface area contributed by atoms with Crippen molar-refractivity contribution >= 4 is 11.7 Å². The number of methoxy groups -OCH3 is 1. The minimum absolute atomic E-state index is 0.546. The molecule has 0 saturated heterocycles. The minimum Gasteiger partial charge on any atom is -0.497 e. The van der Waals surface area contributed by atoms with Crippen LogP contribution in [0.4, 0.5) is 5.69 Å². The molecule has 0 radical (unpaired) electrons. The third-order valence-corrected chi connectivity index (χ3v) is 4.14. The second-order valence-electron chi connectivity index (χ2n) is 5.25. The molecular weight excluding hydrogens is 242 g/mol. The quantitative estimate of drug-likeness (QED) is 0.649. The van der Waals surface area contributed by atoms with Crippen LogP contribution >= 0.6 is 0 Å². The Hall–Kier alpha value is -1.71. The second-order valence-corrected chi connectivity index (χ2v) is 5.25. The summed E-state index contributed by atoms with van der Waals surface area (Å²) < 4.78 is 5.21. The summed E-state index contributed by atoms with van der Waals surface area (Å²) in [5.41, 5.74) is 6.43. The molecule has 0 aliphatic heterocycles. The molecule has 0 aromatic heterocycles. The first-order valence-corrected chi connectivity index (χ1v) is 6.77. The van der Waals surface area contributed by atoms with Crippen molar-refractivity contribution in [3.63, 3.8) is 0 Å². The zero-order valence-corrected chi connectivity index (χ0v) is 11.3. The van der Waals surface area contributed by atoms with Gasteiger partial charge in [0.25, 0.3) is 0 Å². The fourth-order valence-corrected chi connectivity index (χ4v) is 3.01. The molecule has 1 aromatic rings. The zero-order chi connectivity index (χ0) is 13.9. The largest absolute Gasteiger partial charge is 0.497 e. The number of ether oxygens (including phenoxy) is 1. The third kappa shape index (κ3) is 2.53. The van der Waals surface area contributed by atoms with Gasteiger partial charge >= 0.3 is 5.97 Å². The van der Waals surface area contributed by atoms with Crippen LogP contribution in [0.15, 0.2) is 18.2 Å². The summed E-state index contributed by atoms with van der Waals surface area (Å²) >= 11 is 0. The van der Waals surface area contributed by atoms with Crippen molar-refractivity contribution in [3.8, 4) is 5.75 Å². The standard InChI is InChI=1S/C15H21NO3/c1-19-11-6-7-13(16)12(10-11)15(14(17)18)8-4-2-3-5-9-15/h6-7,10H,2-5,8-9,16H2,1H3,(H,17,18). The van der Waals surface area contributed by atoms with E-state index in [0.29, 0.717) is 29.8 Å². The average molecular weight is 263 g/mol. The molecule has 0 amide bonds. The SMILES string of the molecule is COc1ccc(N)c(C2(C(=O)O)CCCCCC2)c1. The molecule has 0 heterocycles. The van der Waals surface area contributed by atoms with Gasteiger partial charge in [-0.15, -0.1) is 0 Å². The Morgan fingerprint density at radius 1 is 1.26 bits per heavy atom. The van der Waals surface area contributed by atoms with E-state index in [1.165, 1.54) is 0 Å². The summed E-state index contributed by atoms with van der Waals surface area (Å²) in [6.45, 7) is 0. The number of hydrogen-bond donors (Lipinski definition) is 2. The lowest BCUT2D eigenvalue weighted by Crippen LogP contribution is -2.36. The molecule has 3 N–H and O–H groups in total. The Morgan fingerprint density at radius 3 is 2.42 bits per heavy atom. The number of carboxylic acid groups (broad SMARTS) is 1. The molecule has 1 aliphatic rings. The van der Waals surface area contributed by atoms with Crippen LogP contribution in [0.3, 0.4) is 0 Å². The van der Waals surface area contributed by atoms with Gasteiger partial charge in [-0.05, 0) is 36.6 Å². The van der Waals surface area contributed by atoms with E-state index in [0.717, 1.165) is 25.7 Å². The fraction of sp³-hybridized carbons (Fsp3) is 0.533. The lowest BCUT2D eigenvalue weighted by atomic mass is 9.73. The van der Waals surface area contributed by atoms with E-state index in [1.54, 1.807) is 25.3 Å². The highest BCUT2D eigenvalue weighted by molar-refractivity contribution is 5.84. The van der Waals surface area contributed by atoms with E-state index in [-0.39, 0.29) is 0 Å². The van der Waals surface area contributed by atoms with Crippen molar-refractivity contribution in [1.82, 2.24) is 0 Å². The average Bonchev–Trinajstić information content (AvgIpc) is 2.66. The van der Waals surface area contributed by atoms with Gasteiger partial charge in [-0.1, -0.05) is 25.7 Å². The fourth-order valence-electron chi connectivity index (χ4n) is 3.01. The summed E-state index contributed by atoms with van der Waals surface area (Å²) in [6.07, 6.45) is 5.36. The highest BCUT2D eigenvalue weighted by Gasteiger charge is 2.41.